The van der Waals surface area contributed by atoms with Crippen molar-refractivity contribution in [1.29, 1.82) is 0 Å². The summed E-state index contributed by atoms with van der Waals surface area (Å²) in [5.74, 6) is 3.75. The van der Waals surface area contributed by atoms with Gasteiger partial charge in [0.05, 0.1) is 41.1 Å². The minimum atomic E-state index is -0.530. The van der Waals surface area contributed by atoms with Gasteiger partial charge in [0.1, 0.15) is 5.82 Å². The van der Waals surface area contributed by atoms with Crippen LogP contribution in [0, 0.1) is 0 Å². The van der Waals surface area contributed by atoms with E-state index in [1.165, 1.54) is 0 Å². The van der Waals surface area contributed by atoms with Crippen molar-refractivity contribution in [1.82, 2.24) is 15.2 Å². The highest BCUT2D eigenvalue weighted by atomic mass is 16.5. The van der Waals surface area contributed by atoms with E-state index in [0.717, 1.165) is 5.56 Å². The molecule has 3 aromatic rings. The van der Waals surface area contributed by atoms with Crippen LogP contribution in [0.4, 0.5) is 0 Å². The van der Waals surface area contributed by atoms with E-state index in [1.54, 1.807) is 40.6 Å². The van der Waals surface area contributed by atoms with Crippen LogP contribution in [-0.4, -0.2) is 50.2 Å². The van der Waals surface area contributed by atoms with Crippen molar-refractivity contribution in [2.75, 3.05) is 35.0 Å². The first-order valence-electron chi connectivity index (χ1n) is 9.35. The molecular weight excluding hydrogens is 388 g/mol. The second-order valence-electron chi connectivity index (χ2n) is 6.28. The molecule has 1 atom stereocenters. The number of H-pyrrole nitrogens is 1. The number of aromatic nitrogens is 3. The van der Waals surface area contributed by atoms with Gasteiger partial charge in [0, 0.05) is 5.56 Å². The van der Waals surface area contributed by atoms with Gasteiger partial charge in [-0.05, 0) is 36.8 Å². The van der Waals surface area contributed by atoms with E-state index in [2.05, 4.69) is 15.2 Å². The van der Waals surface area contributed by atoms with Crippen LogP contribution >= 0.6 is 0 Å². The lowest BCUT2D eigenvalue weighted by Gasteiger charge is -2.14. The van der Waals surface area contributed by atoms with E-state index < -0.39 is 6.04 Å². The Kier molecular flexibility index (Phi) is 6.63. The Morgan fingerprint density at radius 2 is 1.57 bits per heavy atom. The molecule has 0 fully saturated rings. The van der Waals surface area contributed by atoms with Crippen molar-refractivity contribution in [3.05, 3.63) is 41.7 Å². The molecular formula is C21H26N4O5. The Labute approximate surface area is 175 Å². The van der Waals surface area contributed by atoms with Crippen molar-refractivity contribution >= 4 is 0 Å². The first kappa shape index (κ1) is 21.3. The number of nitrogens with one attached hydrogen (secondary N) is 1. The predicted molar refractivity (Wildman–Crippen MR) is 112 cm³/mol. The fourth-order valence-corrected chi connectivity index (χ4v) is 3.06. The Bertz CT molecular complexity index is 980. The zero-order valence-electron chi connectivity index (χ0n) is 17.7. The predicted octanol–water partition coefficient (Wildman–Crippen LogP) is 2.95. The molecule has 160 valence electrons. The van der Waals surface area contributed by atoms with Gasteiger partial charge in [-0.15, -0.1) is 0 Å². The number of nitrogens with two attached hydrogens (primary N) is 1. The molecule has 9 nitrogen and oxygen atoms in total. The minimum Gasteiger partial charge on any atom is -0.493 e. The van der Waals surface area contributed by atoms with Crippen LogP contribution in [0.2, 0.25) is 0 Å². The topological polar surface area (TPSA) is 114 Å². The standard InChI is InChI=1S/C21H26N4O5/c1-6-30-14-8-7-12(9-15(14)26-2)18(22)21-23-20(24-25-21)13-10-16(27-3)19(29-5)17(11-13)28-4/h7-11,18H,6,22H2,1-5H3,(H,23,24,25). The highest BCUT2D eigenvalue weighted by molar-refractivity contribution is 5.66. The van der Waals surface area contributed by atoms with Crippen LogP contribution in [0.15, 0.2) is 30.3 Å². The number of ether oxygens (including phenoxy) is 5. The summed E-state index contributed by atoms with van der Waals surface area (Å²) in [6.07, 6.45) is 0. The summed E-state index contributed by atoms with van der Waals surface area (Å²) in [5.41, 5.74) is 7.92. The summed E-state index contributed by atoms with van der Waals surface area (Å²) >= 11 is 0. The first-order valence-corrected chi connectivity index (χ1v) is 9.35. The Hall–Kier alpha value is -3.46. The minimum absolute atomic E-state index is 0.456. The van der Waals surface area contributed by atoms with E-state index in [0.29, 0.717) is 52.6 Å². The second-order valence-corrected chi connectivity index (χ2v) is 6.28. The maximum atomic E-state index is 6.41. The monoisotopic (exact) mass is 414 g/mol. The van der Waals surface area contributed by atoms with Crippen LogP contribution < -0.4 is 29.4 Å². The highest BCUT2D eigenvalue weighted by Crippen LogP contribution is 2.40. The molecule has 3 rings (SSSR count). The molecule has 0 bridgehead atoms. The maximum Gasteiger partial charge on any atom is 0.203 e. The van der Waals surface area contributed by atoms with Gasteiger partial charge in [0.2, 0.25) is 5.75 Å². The van der Waals surface area contributed by atoms with Crippen LogP contribution in [-0.2, 0) is 0 Å². The van der Waals surface area contributed by atoms with Gasteiger partial charge in [0.25, 0.3) is 0 Å². The van der Waals surface area contributed by atoms with Gasteiger partial charge in [-0.3, -0.25) is 5.10 Å². The Morgan fingerprint density at radius 1 is 0.900 bits per heavy atom. The quantitative estimate of drug-likeness (QED) is 0.549. The molecule has 1 heterocycles. The number of hydrogen-bond acceptors (Lipinski definition) is 8. The number of hydrogen-bond donors (Lipinski definition) is 2. The number of rotatable bonds is 9. The molecule has 0 saturated carbocycles. The molecule has 1 aromatic heterocycles. The van der Waals surface area contributed by atoms with Crippen molar-refractivity contribution in [2.45, 2.75) is 13.0 Å². The summed E-state index contributed by atoms with van der Waals surface area (Å²) in [6.45, 7) is 2.46. The van der Waals surface area contributed by atoms with E-state index in [1.807, 2.05) is 25.1 Å². The average molecular weight is 414 g/mol. The molecule has 3 N–H and O–H groups in total. The number of methoxy groups -OCH3 is 4. The molecule has 0 aliphatic rings. The molecule has 1 unspecified atom stereocenters. The fraction of sp³-hybridized carbons (Fsp3) is 0.333. The zero-order chi connectivity index (χ0) is 21.7. The van der Waals surface area contributed by atoms with Gasteiger partial charge < -0.3 is 29.4 Å². The summed E-state index contributed by atoms with van der Waals surface area (Å²) in [6, 6.07) is 8.56. The molecule has 0 aliphatic carbocycles. The summed E-state index contributed by atoms with van der Waals surface area (Å²) in [5, 5.41) is 7.22. The fourth-order valence-electron chi connectivity index (χ4n) is 3.06. The summed E-state index contributed by atoms with van der Waals surface area (Å²) in [7, 11) is 6.25. The van der Waals surface area contributed by atoms with Gasteiger partial charge in [-0.25, -0.2) is 4.98 Å². The van der Waals surface area contributed by atoms with Gasteiger partial charge in [0.15, 0.2) is 28.8 Å². The number of aromatic amines is 1. The number of nitrogens with zero attached hydrogens (tertiary/aromatic N) is 2. The molecule has 30 heavy (non-hydrogen) atoms. The van der Waals surface area contributed by atoms with Crippen molar-refractivity contribution in [3.63, 3.8) is 0 Å². The molecule has 2 aromatic carbocycles. The lowest BCUT2D eigenvalue weighted by molar-refractivity contribution is 0.310. The van der Waals surface area contributed by atoms with Gasteiger partial charge >= 0.3 is 0 Å². The van der Waals surface area contributed by atoms with Crippen molar-refractivity contribution in [2.24, 2.45) is 5.73 Å². The second kappa shape index (κ2) is 9.36. The molecule has 0 saturated heterocycles. The molecule has 0 radical (unpaired) electrons. The third-order valence-electron chi connectivity index (χ3n) is 4.57. The summed E-state index contributed by atoms with van der Waals surface area (Å²) < 4.78 is 27.1. The first-order chi connectivity index (χ1) is 14.6. The zero-order valence-corrected chi connectivity index (χ0v) is 17.7. The summed E-state index contributed by atoms with van der Waals surface area (Å²) in [4.78, 5) is 4.56. The number of benzene rings is 2. The molecule has 0 spiro atoms. The van der Waals surface area contributed by atoms with Crippen LogP contribution in [0.3, 0.4) is 0 Å². The van der Waals surface area contributed by atoms with Crippen LogP contribution in [0.1, 0.15) is 24.4 Å². The van der Waals surface area contributed by atoms with E-state index >= 15 is 0 Å². The van der Waals surface area contributed by atoms with E-state index in [9.17, 15) is 0 Å². The lowest BCUT2D eigenvalue weighted by atomic mass is 10.1. The van der Waals surface area contributed by atoms with E-state index in [4.69, 9.17) is 29.4 Å². The normalized spacial score (nSPS) is 11.7. The van der Waals surface area contributed by atoms with Crippen LogP contribution in [0.25, 0.3) is 11.4 Å². The Morgan fingerprint density at radius 3 is 2.13 bits per heavy atom. The lowest BCUT2D eigenvalue weighted by Crippen LogP contribution is -2.14. The maximum absolute atomic E-state index is 6.41. The molecule has 0 amide bonds. The highest BCUT2D eigenvalue weighted by Gasteiger charge is 2.20. The molecule has 9 heteroatoms. The largest absolute Gasteiger partial charge is 0.493 e. The smallest absolute Gasteiger partial charge is 0.203 e. The van der Waals surface area contributed by atoms with Gasteiger partial charge in [-0.2, -0.15) is 5.10 Å². The molecule has 0 aliphatic heterocycles. The van der Waals surface area contributed by atoms with E-state index in [-0.39, 0.29) is 0 Å². The Balaban J connectivity index is 1.93. The SMILES string of the molecule is CCOc1ccc(C(N)c2nc(-c3cc(OC)c(OC)c(OC)c3)n[nH]2)cc1OC. The third kappa shape index (κ3) is 4.11. The van der Waals surface area contributed by atoms with Crippen LogP contribution in [0.5, 0.6) is 28.7 Å². The van der Waals surface area contributed by atoms with Crippen molar-refractivity contribution in [3.8, 4) is 40.1 Å². The van der Waals surface area contributed by atoms with Crippen molar-refractivity contribution < 1.29 is 23.7 Å². The average Bonchev–Trinajstić information content (AvgIpc) is 3.28. The van der Waals surface area contributed by atoms with Gasteiger partial charge in [-0.1, -0.05) is 6.07 Å². The third-order valence-corrected chi connectivity index (χ3v) is 4.57.